The van der Waals surface area contributed by atoms with Crippen molar-refractivity contribution in [1.82, 2.24) is 0 Å². The van der Waals surface area contributed by atoms with E-state index < -0.39 is 19.2 Å². The number of aryl methyl sites for hydroxylation is 1. The third-order valence-corrected chi connectivity index (χ3v) is 7.17. The molecular formula is C11H15IO3S. The van der Waals surface area contributed by atoms with Crippen LogP contribution in [0, 0.1) is 6.92 Å². The molecule has 0 aliphatic rings. The zero-order valence-electron chi connectivity index (χ0n) is 9.22. The lowest BCUT2D eigenvalue weighted by Crippen LogP contribution is -2.24. The van der Waals surface area contributed by atoms with Crippen molar-refractivity contribution in [2.75, 3.05) is 5.75 Å². The highest BCUT2D eigenvalue weighted by Crippen LogP contribution is 2.27. The zero-order chi connectivity index (χ0) is 12.3. The van der Waals surface area contributed by atoms with Gasteiger partial charge < -0.3 is 5.11 Å². The molecule has 16 heavy (non-hydrogen) atoms. The van der Waals surface area contributed by atoms with Gasteiger partial charge in [0.2, 0.25) is 0 Å². The van der Waals surface area contributed by atoms with E-state index in [1.165, 1.54) is 0 Å². The van der Waals surface area contributed by atoms with Crippen LogP contribution in [0.25, 0.3) is 0 Å². The van der Waals surface area contributed by atoms with E-state index in [4.69, 9.17) is 0 Å². The van der Waals surface area contributed by atoms with Crippen molar-refractivity contribution in [3.8, 4) is 0 Å². The Bertz CT molecular complexity index is 439. The van der Waals surface area contributed by atoms with Gasteiger partial charge in [0, 0.05) is 5.75 Å². The van der Waals surface area contributed by atoms with E-state index in [1.807, 2.05) is 19.1 Å². The van der Waals surface area contributed by atoms with Gasteiger partial charge in [0.15, 0.2) is 9.84 Å². The molecule has 0 bridgehead atoms. The van der Waals surface area contributed by atoms with Gasteiger partial charge in [-0.2, -0.15) is 0 Å². The highest BCUT2D eigenvalue weighted by molar-refractivity contribution is 14.1. The Hall–Kier alpha value is -0.140. The van der Waals surface area contributed by atoms with Crippen LogP contribution in [0.1, 0.15) is 24.2 Å². The molecule has 0 unspecified atom stereocenters. The predicted octanol–water partition coefficient (Wildman–Crippen LogP) is 2.22. The Morgan fingerprint density at radius 2 is 1.81 bits per heavy atom. The minimum absolute atomic E-state index is 0.0452. The van der Waals surface area contributed by atoms with Gasteiger partial charge >= 0.3 is 0 Å². The number of aliphatic hydroxyl groups excluding tert-OH is 1. The molecule has 5 heteroatoms. The molecule has 0 aliphatic carbocycles. The molecule has 0 aliphatic heterocycles. The second kappa shape index (κ2) is 5.46. The molecule has 1 aromatic rings. The highest BCUT2D eigenvalue weighted by Gasteiger charge is 2.29. The Morgan fingerprint density at radius 3 is 2.25 bits per heavy atom. The molecule has 0 amide bonds. The van der Waals surface area contributed by atoms with Crippen LogP contribution in [-0.4, -0.2) is 22.5 Å². The van der Waals surface area contributed by atoms with Crippen LogP contribution < -0.4 is 0 Å². The van der Waals surface area contributed by atoms with E-state index in [9.17, 15) is 13.5 Å². The van der Waals surface area contributed by atoms with Crippen molar-refractivity contribution in [1.29, 1.82) is 0 Å². The summed E-state index contributed by atoms with van der Waals surface area (Å²) < 4.78 is 22.4. The smallest absolute Gasteiger partial charge is 0.164 e. The minimum Gasteiger partial charge on any atom is -0.386 e. The van der Waals surface area contributed by atoms with E-state index in [2.05, 4.69) is 0 Å². The molecule has 90 valence electrons. The number of halogens is 1. The molecule has 0 radical (unpaired) electrons. The van der Waals surface area contributed by atoms with Crippen LogP contribution in [0.4, 0.5) is 0 Å². The first-order valence-electron chi connectivity index (χ1n) is 4.98. The third kappa shape index (κ3) is 3.18. The van der Waals surface area contributed by atoms with Gasteiger partial charge in [-0.1, -0.05) is 59.3 Å². The first kappa shape index (κ1) is 13.9. The average Bonchev–Trinajstić information content (AvgIpc) is 2.28. The Balaban J connectivity index is 2.94. The zero-order valence-corrected chi connectivity index (χ0v) is 12.2. The molecule has 0 fully saturated rings. The van der Waals surface area contributed by atoms with E-state index in [0.29, 0.717) is 5.56 Å². The lowest BCUT2D eigenvalue weighted by molar-refractivity contribution is 0.197. The fourth-order valence-corrected chi connectivity index (χ4v) is 3.63. The van der Waals surface area contributed by atoms with E-state index >= 15 is 0 Å². The molecule has 1 aromatic carbocycles. The van der Waals surface area contributed by atoms with Crippen molar-refractivity contribution >= 4 is 32.4 Å². The molecule has 0 spiro atoms. The summed E-state index contributed by atoms with van der Waals surface area (Å²) in [4.78, 5) is 0. The van der Waals surface area contributed by atoms with Gasteiger partial charge in [-0.25, -0.2) is 8.42 Å². The maximum Gasteiger partial charge on any atom is 0.164 e. The monoisotopic (exact) mass is 354 g/mol. The Kier molecular flexibility index (Phi) is 4.75. The molecular weight excluding hydrogens is 339 g/mol. The Labute approximate surface area is 110 Å². The molecule has 0 saturated carbocycles. The SMILES string of the molecule is CCS(=O)(=O)[C@H](I)[C@@H](O)c1ccc(C)cc1. The van der Waals surface area contributed by atoms with Crippen LogP contribution in [0.3, 0.4) is 0 Å². The van der Waals surface area contributed by atoms with Crippen molar-refractivity contribution in [3.05, 3.63) is 35.4 Å². The van der Waals surface area contributed by atoms with Gasteiger partial charge in [0.25, 0.3) is 0 Å². The van der Waals surface area contributed by atoms with Gasteiger partial charge in [-0.3, -0.25) is 0 Å². The van der Waals surface area contributed by atoms with Crippen LogP contribution in [-0.2, 0) is 9.84 Å². The Morgan fingerprint density at radius 1 is 1.31 bits per heavy atom. The van der Waals surface area contributed by atoms with Crippen molar-refractivity contribution in [3.63, 3.8) is 0 Å². The molecule has 0 saturated heterocycles. The number of rotatable bonds is 4. The maximum absolute atomic E-state index is 11.6. The largest absolute Gasteiger partial charge is 0.386 e. The molecule has 0 heterocycles. The normalized spacial score (nSPS) is 15.8. The minimum atomic E-state index is -3.22. The van der Waals surface area contributed by atoms with Crippen LogP contribution in [0.15, 0.2) is 24.3 Å². The summed E-state index contributed by atoms with van der Waals surface area (Å²) in [6, 6.07) is 7.24. The van der Waals surface area contributed by atoms with E-state index in [1.54, 1.807) is 41.6 Å². The molecule has 2 atom stereocenters. The second-order valence-electron chi connectivity index (χ2n) is 3.66. The summed E-state index contributed by atoms with van der Waals surface area (Å²) in [6.07, 6.45) is -0.967. The predicted molar refractivity (Wildman–Crippen MR) is 73.4 cm³/mol. The summed E-state index contributed by atoms with van der Waals surface area (Å²) >= 11 is 1.78. The summed E-state index contributed by atoms with van der Waals surface area (Å²) in [5.41, 5.74) is 1.72. The third-order valence-electron chi connectivity index (χ3n) is 2.41. The molecule has 1 rings (SSSR count). The standard InChI is InChI=1S/C11H15IO3S/c1-3-16(14,15)11(12)10(13)9-6-4-8(2)5-7-9/h4-7,10-11,13H,3H2,1-2H3/t10-,11-/m0/s1. The van der Waals surface area contributed by atoms with Gasteiger partial charge in [-0.15, -0.1) is 0 Å². The van der Waals surface area contributed by atoms with E-state index in [-0.39, 0.29) is 5.75 Å². The lowest BCUT2D eigenvalue weighted by atomic mass is 10.1. The number of alkyl halides is 1. The van der Waals surface area contributed by atoms with Crippen molar-refractivity contribution < 1.29 is 13.5 Å². The highest BCUT2D eigenvalue weighted by atomic mass is 127. The summed E-state index contributed by atoms with van der Waals surface area (Å²) in [7, 11) is -3.22. The number of benzene rings is 1. The van der Waals surface area contributed by atoms with Crippen LogP contribution in [0.5, 0.6) is 0 Å². The van der Waals surface area contributed by atoms with Gasteiger partial charge in [0.05, 0.1) is 0 Å². The van der Waals surface area contributed by atoms with Crippen molar-refractivity contribution in [2.24, 2.45) is 0 Å². The number of hydrogen-bond acceptors (Lipinski definition) is 3. The van der Waals surface area contributed by atoms with Crippen LogP contribution in [0.2, 0.25) is 0 Å². The second-order valence-corrected chi connectivity index (χ2v) is 8.26. The lowest BCUT2D eigenvalue weighted by Gasteiger charge is -2.17. The maximum atomic E-state index is 11.6. The summed E-state index contributed by atoms with van der Waals surface area (Å²) in [5, 5.41) is 9.96. The number of hydrogen-bond donors (Lipinski definition) is 1. The van der Waals surface area contributed by atoms with Crippen molar-refractivity contribution in [2.45, 2.75) is 23.2 Å². The fraction of sp³-hybridized carbons (Fsp3) is 0.455. The summed E-state index contributed by atoms with van der Waals surface area (Å²) in [6.45, 7) is 3.53. The average molecular weight is 354 g/mol. The number of aliphatic hydroxyl groups is 1. The van der Waals surface area contributed by atoms with E-state index in [0.717, 1.165) is 5.56 Å². The first-order valence-corrected chi connectivity index (χ1v) is 7.95. The molecule has 1 N–H and O–H groups in total. The molecule has 3 nitrogen and oxygen atoms in total. The topological polar surface area (TPSA) is 54.4 Å². The first-order chi connectivity index (χ1) is 7.38. The van der Waals surface area contributed by atoms with Crippen LogP contribution >= 0.6 is 22.6 Å². The summed E-state index contributed by atoms with van der Waals surface area (Å²) in [5.74, 6) is 0.0452. The molecule has 0 aromatic heterocycles. The quantitative estimate of drug-likeness (QED) is 0.667. The van der Waals surface area contributed by atoms with Gasteiger partial charge in [0.1, 0.15) is 9.36 Å². The fourth-order valence-electron chi connectivity index (χ4n) is 1.27. The number of sulfone groups is 1. The van der Waals surface area contributed by atoms with Gasteiger partial charge in [-0.05, 0) is 12.5 Å².